The van der Waals surface area contributed by atoms with Crippen molar-refractivity contribution in [3.63, 3.8) is 0 Å². The number of esters is 1. The van der Waals surface area contributed by atoms with Gasteiger partial charge in [-0.1, -0.05) is 30.3 Å². The summed E-state index contributed by atoms with van der Waals surface area (Å²) in [4.78, 5) is 46.3. The van der Waals surface area contributed by atoms with Crippen LogP contribution in [0.15, 0.2) is 72.8 Å². The quantitative estimate of drug-likeness (QED) is 0.404. The molecule has 35 heavy (non-hydrogen) atoms. The maximum atomic E-state index is 13.7. The minimum Gasteiger partial charge on any atom is -0.462 e. The molecular weight excluding hydrogens is 451 g/mol. The first kappa shape index (κ1) is 22.7. The van der Waals surface area contributed by atoms with E-state index in [2.05, 4.69) is 0 Å². The van der Waals surface area contributed by atoms with E-state index in [0.29, 0.717) is 16.8 Å². The summed E-state index contributed by atoms with van der Waals surface area (Å²) >= 11 is 0. The zero-order valence-electron chi connectivity index (χ0n) is 19.2. The minimum absolute atomic E-state index is 0.243. The van der Waals surface area contributed by atoms with Crippen LogP contribution in [0.2, 0.25) is 0 Å². The van der Waals surface area contributed by atoms with Gasteiger partial charge in [0.2, 0.25) is 5.91 Å². The number of halogens is 1. The minimum atomic E-state index is -1.04. The number of amides is 2. The van der Waals surface area contributed by atoms with Crippen molar-refractivity contribution in [1.82, 2.24) is 0 Å². The average molecular weight is 474 g/mol. The highest BCUT2D eigenvalue weighted by atomic mass is 19.1. The number of carbonyl (C=O) groups is 3. The molecule has 0 bridgehead atoms. The van der Waals surface area contributed by atoms with Crippen LogP contribution in [0.1, 0.15) is 34.5 Å². The van der Waals surface area contributed by atoms with Crippen molar-refractivity contribution in [3.05, 3.63) is 95.3 Å². The van der Waals surface area contributed by atoms with Gasteiger partial charge in [0.05, 0.1) is 29.6 Å². The molecule has 2 saturated heterocycles. The largest absolute Gasteiger partial charge is 0.462 e. The van der Waals surface area contributed by atoms with Crippen LogP contribution in [0.25, 0.3) is 0 Å². The predicted molar refractivity (Wildman–Crippen MR) is 126 cm³/mol. The van der Waals surface area contributed by atoms with E-state index in [1.54, 1.807) is 24.1 Å². The molecule has 0 aliphatic carbocycles. The van der Waals surface area contributed by atoms with Gasteiger partial charge < -0.3 is 4.74 Å². The Labute approximate surface area is 201 Å². The first-order valence-corrected chi connectivity index (χ1v) is 11.3. The number of ether oxygens (including phenoxy) is 1. The molecule has 0 radical (unpaired) electrons. The molecule has 178 valence electrons. The van der Waals surface area contributed by atoms with Crippen molar-refractivity contribution < 1.29 is 28.3 Å². The summed E-state index contributed by atoms with van der Waals surface area (Å²) in [5.74, 6) is -2.63. The number of rotatable bonds is 5. The maximum absolute atomic E-state index is 13.7. The number of fused-ring (bicyclic) bond motifs is 1. The number of anilines is 2. The second-order valence-electron chi connectivity index (χ2n) is 8.44. The van der Waals surface area contributed by atoms with E-state index in [0.717, 1.165) is 16.2 Å². The molecule has 2 aliphatic rings. The highest BCUT2D eigenvalue weighted by Gasteiger charge is 2.60. The van der Waals surface area contributed by atoms with Crippen LogP contribution >= 0.6 is 0 Å². The second kappa shape index (κ2) is 8.96. The van der Waals surface area contributed by atoms with Gasteiger partial charge in [-0.05, 0) is 67.4 Å². The molecule has 8 heteroatoms. The molecule has 2 heterocycles. The summed E-state index contributed by atoms with van der Waals surface area (Å²) in [5.41, 5.74) is 2.95. The smallest absolute Gasteiger partial charge is 0.338 e. The van der Waals surface area contributed by atoms with Gasteiger partial charge in [-0.2, -0.15) is 0 Å². The first-order chi connectivity index (χ1) is 16.9. The molecular formula is C27H23FN2O5. The Morgan fingerprint density at radius 2 is 1.66 bits per heavy atom. The topological polar surface area (TPSA) is 76.2 Å². The summed E-state index contributed by atoms with van der Waals surface area (Å²) in [5, 5.41) is 1.59. The molecule has 2 fully saturated rings. The lowest BCUT2D eigenvalue weighted by Gasteiger charge is -2.29. The zero-order valence-corrected chi connectivity index (χ0v) is 19.2. The Balaban J connectivity index is 1.52. The van der Waals surface area contributed by atoms with Crippen LogP contribution in [0.5, 0.6) is 0 Å². The first-order valence-electron chi connectivity index (χ1n) is 11.3. The van der Waals surface area contributed by atoms with Crippen molar-refractivity contribution in [2.45, 2.75) is 26.0 Å². The van der Waals surface area contributed by atoms with Gasteiger partial charge in [-0.15, -0.1) is 0 Å². The molecule has 0 saturated carbocycles. The Hall–Kier alpha value is -4.04. The molecule has 0 spiro atoms. The molecule has 5 rings (SSSR count). The van der Waals surface area contributed by atoms with Crippen LogP contribution in [-0.4, -0.2) is 30.5 Å². The summed E-state index contributed by atoms with van der Waals surface area (Å²) in [6.45, 7) is 3.87. The highest BCUT2D eigenvalue weighted by molar-refractivity contribution is 6.24. The van der Waals surface area contributed by atoms with E-state index in [1.165, 1.54) is 36.4 Å². The molecule has 2 aliphatic heterocycles. The van der Waals surface area contributed by atoms with E-state index < -0.39 is 41.7 Å². The monoisotopic (exact) mass is 474 g/mol. The zero-order chi connectivity index (χ0) is 24.7. The number of hydrogen-bond acceptors (Lipinski definition) is 6. The van der Waals surface area contributed by atoms with Gasteiger partial charge in [0, 0.05) is 0 Å². The standard InChI is InChI=1S/C27H23FN2O5/c1-3-34-27(33)18-10-14-20(15-11-18)29-25(31)22-23(17-8-12-19(28)13-9-17)30(35-24(22)26(29)32)21-7-5-4-6-16(21)2/h4-15,22-24H,3H2,1-2H3/t22-,23-,24+/m1/s1. The van der Waals surface area contributed by atoms with E-state index in [9.17, 15) is 18.8 Å². The summed E-state index contributed by atoms with van der Waals surface area (Å²) in [6.07, 6.45) is -1.04. The summed E-state index contributed by atoms with van der Waals surface area (Å²) < 4.78 is 18.7. The van der Waals surface area contributed by atoms with Crippen molar-refractivity contribution in [2.24, 2.45) is 5.92 Å². The van der Waals surface area contributed by atoms with Gasteiger partial charge in [-0.25, -0.2) is 19.1 Å². The number of benzene rings is 3. The van der Waals surface area contributed by atoms with Crippen molar-refractivity contribution >= 4 is 29.2 Å². The highest BCUT2D eigenvalue weighted by Crippen LogP contribution is 2.48. The maximum Gasteiger partial charge on any atom is 0.338 e. The Kier molecular flexibility index (Phi) is 5.82. The van der Waals surface area contributed by atoms with Gasteiger partial charge in [0.15, 0.2) is 6.10 Å². The van der Waals surface area contributed by atoms with Gasteiger partial charge >= 0.3 is 5.97 Å². The van der Waals surface area contributed by atoms with E-state index >= 15 is 0 Å². The lowest BCUT2D eigenvalue weighted by Crippen LogP contribution is -2.37. The van der Waals surface area contributed by atoms with E-state index in [-0.39, 0.29) is 6.61 Å². The third-order valence-corrected chi connectivity index (χ3v) is 6.32. The second-order valence-corrected chi connectivity index (χ2v) is 8.44. The van der Waals surface area contributed by atoms with E-state index in [1.807, 2.05) is 31.2 Å². The van der Waals surface area contributed by atoms with Crippen molar-refractivity contribution in [3.8, 4) is 0 Å². The number of carbonyl (C=O) groups excluding carboxylic acids is 3. The van der Waals surface area contributed by atoms with Crippen molar-refractivity contribution in [1.29, 1.82) is 0 Å². The molecule has 3 aromatic carbocycles. The van der Waals surface area contributed by atoms with E-state index in [4.69, 9.17) is 9.57 Å². The van der Waals surface area contributed by atoms with Crippen LogP contribution < -0.4 is 9.96 Å². The molecule has 3 aromatic rings. The number of hydroxylamine groups is 1. The third kappa shape index (κ3) is 3.85. The molecule has 0 aromatic heterocycles. The van der Waals surface area contributed by atoms with Gasteiger partial charge in [0.25, 0.3) is 5.91 Å². The van der Waals surface area contributed by atoms with Crippen LogP contribution in [0.3, 0.4) is 0 Å². The van der Waals surface area contributed by atoms with Crippen LogP contribution in [0, 0.1) is 18.7 Å². The number of para-hydroxylation sites is 1. The van der Waals surface area contributed by atoms with Crippen LogP contribution in [0.4, 0.5) is 15.8 Å². The summed E-state index contributed by atoms with van der Waals surface area (Å²) in [7, 11) is 0. The predicted octanol–water partition coefficient (Wildman–Crippen LogP) is 4.36. The number of nitrogens with zero attached hydrogens (tertiary/aromatic N) is 2. The lowest BCUT2D eigenvalue weighted by atomic mass is 9.90. The molecule has 3 atom stereocenters. The SMILES string of the molecule is CCOC(=O)c1ccc(N2C(=O)[C@H]3[C@H](ON(c4ccccc4C)[C@@H]3c3ccc(F)cc3)C2=O)cc1. The number of hydrogen-bond donors (Lipinski definition) is 0. The Bertz CT molecular complexity index is 1290. The molecule has 7 nitrogen and oxygen atoms in total. The molecule has 2 amide bonds. The summed E-state index contributed by atoms with van der Waals surface area (Å²) in [6, 6.07) is 18.8. The fraction of sp³-hybridized carbons (Fsp3) is 0.222. The average Bonchev–Trinajstić information content (AvgIpc) is 3.36. The Morgan fingerprint density at radius 1 is 0.971 bits per heavy atom. The Morgan fingerprint density at radius 3 is 2.31 bits per heavy atom. The number of imide groups is 1. The normalized spacial score (nSPS) is 21.4. The molecule has 0 N–H and O–H groups in total. The van der Waals surface area contributed by atoms with Crippen LogP contribution in [-0.2, 0) is 19.2 Å². The fourth-order valence-electron chi connectivity index (χ4n) is 4.65. The fourth-order valence-corrected chi connectivity index (χ4v) is 4.65. The van der Waals surface area contributed by atoms with Gasteiger partial charge in [-0.3, -0.25) is 14.4 Å². The molecule has 0 unspecified atom stereocenters. The lowest BCUT2D eigenvalue weighted by molar-refractivity contribution is -0.126. The number of aryl methyl sites for hydroxylation is 1. The van der Waals surface area contributed by atoms with Gasteiger partial charge in [0.1, 0.15) is 11.7 Å². The van der Waals surface area contributed by atoms with Crippen molar-refractivity contribution in [2.75, 3.05) is 16.6 Å². The third-order valence-electron chi connectivity index (χ3n) is 6.32.